The number of benzene rings is 2. The predicted octanol–water partition coefficient (Wildman–Crippen LogP) is 4.00. The molecule has 4 heteroatoms. The molecule has 3 nitrogen and oxygen atoms in total. The number of aliphatic hydroxyl groups is 1. The predicted molar refractivity (Wildman–Crippen MR) is 85.4 cm³/mol. The average Bonchev–Trinajstić information content (AvgIpc) is 3.01. The third-order valence-electron chi connectivity index (χ3n) is 3.54. The molecule has 1 unspecified atom stereocenters. The molecule has 2 aromatic carbocycles. The molecule has 1 N–H and O–H groups in total. The van der Waals surface area contributed by atoms with Gasteiger partial charge in [0.25, 0.3) is 0 Å². The molecule has 3 rings (SSSR count). The van der Waals surface area contributed by atoms with E-state index < -0.39 is 6.10 Å². The summed E-state index contributed by atoms with van der Waals surface area (Å²) in [6, 6.07) is 13.5. The van der Waals surface area contributed by atoms with Crippen molar-refractivity contribution in [3.63, 3.8) is 0 Å². The van der Waals surface area contributed by atoms with Gasteiger partial charge in [-0.25, -0.2) is 0 Å². The van der Waals surface area contributed by atoms with Crippen LogP contribution >= 0.6 is 11.3 Å². The fraction of sp³-hybridized carbons (Fsp3) is 0.176. The van der Waals surface area contributed by atoms with E-state index in [9.17, 15) is 5.11 Å². The molecule has 1 atom stereocenters. The first kappa shape index (κ1) is 13.9. The van der Waals surface area contributed by atoms with Crippen molar-refractivity contribution in [1.82, 2.24) is 0 Å². The minimum atomic E-state index is -0.793. The van der Waals surface area contributed by atoms with Crippen molar-refractivity contribution in [3.8, 4) is 11.5 Å². The van der Waals surface area contributed by atoms with Crippen LogP contribution in [-0.4, -0.2) is 19.3 Å². The molecule has 0 bridgehead atoms. The second-order valence-electron chi connectivity index (χ2n) is 4.66. The van der Waals surface area contributed by atoms with Gasteiger partial charge in [-0.2, -0.15) is 0 Å². The Morgan fingerprint density at radius 3 is 2.29 bits per heavy atom. The van der Waals surface area contributed by atoms with E-state index in [-0.39, 0.29) is 0 Å². The maximum atomic E-state index is 10.9. The van der Waals surface area contributed by atoms with E-state index in [2.05, 4.69) is 6.07 Å². The van der Waals surface area contributed by atoms with Gasteiger partial charge in [0.2, 0.25) is 0 Å². The highest BCUT2D eigenvalue weighted by atomic mass is 32.1. The van der Waals surface area contributed by atoms with E-state index in [1.54, 1.807) is 25.6 Å². The van der Waals surface area contributed by atoms with Gasteiger partial charge >= 0.3 is 0 Å². The molecule has 3 aromatic rings. The average molecular weight is 300 g/mol. The van der Waals surface area contributed by atoms with E-state index >= 15 is 0 Å². The van der Waals surface area contributed by atoms with E-state index in [1.807, 2.05) is 41.8 Å². The number of fused-ring (bicyclic) bond motifs is 1. The zero-order valence-corrected chi connectivity index (χ0v) is 12.7. The minimum absolute atomic E-state index is 0.621. The third-order valence-corrected chi connectivity index (χ3v) is 4.52. The molecule has 0 radical (unpaired) electrons. The summed E-state index contributed by atoms with van der Waals surface area (Å²) < 4.78 is 11.9. The Morgan fingerprint density at radius 1 is 0.952 bits per heavy atom. The van der Waals surface area contributed by atoms with Crippen LogP contribution in [0.5, 0.6) is 11.5 Å². The van der Waals surface area contributed by atoms with Crippen LogP contribution in [0.2, 0.25) is 0 Å². The first-order valence-electron chi connectivity index (χ1n) is 6.61. The highest BCUT2D eigenvalue weighted by Crippen LogP contribution is 2.40. The van der Waals surface area contributed by atoms with Crippen LogP contribution in [0.15, 0.2) is 47.8 Å². The number of hydrogen-bond acceptors (Lipinski definition) is 4. The van der Waals surface area contributed by atoms with E-state index in [1.165, 1.54) is 0 Å². The number of methoxy groups -OCH3 is 2. The largest absolute Gasteiger partial charge is 0.496 e. The topological polar surface area (TPSA) is 38.7 Å². The Hall–Kier alpha value is -2.04. The molecule has 0 aliphatic rings. The van der Waals surface area contributed by atoms with Crippen molar-refractivity contribution in [2.75, 3.05) is 14.2 Å². The van der Waals surface area contributed by atoms with Crippen molar-refractivity contribution in [2.24, 2.45) is 0 Å². The van der Waals surface area contributed by atoms with E-state index in [4.69, 9.17) is 9.47 Å². The summed E-state index contributed by atoms with van der Waals surface area (Å²) >= 11 is 1.62. The fourth-order valence-corrected chi connectivity index (χ4v) is 3.48. The molecule has 108 valence electrons. The molecule has 1 heterocycles. The van der Waals surface area contributed by atoms with Crippen molar-refractivity contribution in [3.05, 3.63) is 59.0 Å². The summed E-state index contributed by atoms with van der Waals surface area (Å²) in [5.74, 6) is 1.24. The Kier molecular flexibility index (Phi) is 3.82. The quantitative estimate of drug-likeness (QED) is 0.791. The Morgan fingerprint density at radius 2 is 1.62 bits per heavy atom. The Balaban J connectivity index is 2.18. The molecule has 0 saturated heterocycles. The molecular formula is C17H16O3S. The second kappa shape index (κ2) is 5.76. The number of aliphatic hydroxyl groups excluding tert-OH is 1. The van der Waals surface area contributed by atoms with Crippen LogP contribution in [-0.2, 0) is 0 Å². The number of rotatable bonds is 4. The summed E-state index contributed by atoms with van der Waals surface area (Å²) in [7, 11) is 3.19. The van der Waals surface area contributed by atoms with Gasteiger partial charge in [0.15, 0.2) is 0 Å². The molecule has 21 heavy (non-hydrogen) atoms. The highest BCUT2D eigenvalue weighted by Gasteiger charge is 2.22. The van der Waals surface area contributed by atoms with Crippen molar-refractivity contribution < 1.29 is 14.6 Å². The summed E-state index contributed by atoms with van der Waals surface area (Å²) in [5.41, 5.74) is 1.52. The fourth-order valence-electron chi connectivity index (χ4n) is 2.54. The van der Waals surface area contributed by atoms with Gasteiger partial charge in [-0.1, -0.05) is 24.3 Å². The minimum Gasteiger partial charge on any atom is -0.496 e. The van der Waals surface area contributed by atoms with Gasteiger partial charge in [-0.3, -0.25) is 0 Å². The van der Waals surface area contributed by atoms with Crippen molar-refractivity contribution >= 4 is 21.4 Å². The smallest absolute Gasteiger partial charge is 0.128 e. The molecule has 0 saturated carbocycles. The maximum absolute atomic E-state index is 10.9. The van der Waals surface area contributed by atoms with Gasteiger partial charge in [-0.05, 0) is 29.0 Å². The number of hydrogen-bond donors (Lipinski definition) is 1. The SMILES string of the molecule is COc1cccc(OC)c1C(O)c1cccc2ccsc12. The second-order valence-corrected chi connectivity index (χ2v) is 5.58. The first-order valence-corrected chi connectivity index (χ1v) is 7.49. The highest BCUT2D eigenvalue weighted by molar-refractivity contribution is 7.17. The zero-order chi connectivity index (χ0) is 14.8. The van der Waals surface area contributed by atoms with E-state index in [0.29, 0.717) is 17.1 Å². The summed E-state index contributed by atoms with van der Waals surface area (Å²) in [4.78, 5) is 0. The normalized spacial score (nSPS) is 12.3. The van der Waals surface area contributed by atoms with Crippen LogP contribution in [0, 0.1) is 0 Å². The van der Waals surface area contributed by atoms with Crippen LogP contribution < -0.4 is 9.47 Å². The van der Waals surface area contributed by atoms with Gasteiger partial charge in [-0.15, -0.1) is 11.3 Å². The Labute approximate surface area is 127 Å². The van der Waals surface area contributed by atoms with Gasteiger partial charge in [0.1, 0.15) is 17.6 Å². The van der Waals surface area contributed by atoms with Gasteiger partial charge in [0, 0.05) is 10.3 Å². The molecule has 0 spiro atoms. The first-order chi connectivity index (χ1) is 10.3. The standard InChI is InChI=1S/C17H16O3S/c1-19-13-7-4-8-14(20-2)15(13)16(18)12-6-3-5-11-9-10-21-17(11)12/h3-10,16,18H,1-2H3. The van der Waals surface area contributed by atoms with Gasteiger partial charge in [0.05, 0.1) is 19.8 Å². The zero-order valence-electron chi connectivity index (χ0n) is 11.9. The Bertz CT molecular complexity index is 741. The van der Waals surface area contributed by atoms with Crippen LogP contribution in [0.1, 0.15) is 17.2 Å². The number of ether oxygens (including phenoxy) is 2. The number of thiophene rings is 1. The lowest BCUT2D eigenvalue weighted by Crippen LogP contribution is -2.05. The maximum Gasteiger partial charge on any atom is 0.128 e. The summed E-state index contributed by atoms with van der Waals surface area (Å²) in [6.07, 6.45) is -0.793. The lowest BCUT2D eigenvalue weighted by atomic mass is 9.98. The molecule has 0 amide bonds. The lowest BCUT2D eigenvalue weighted by molar-refractivity contribution is 0.210. The molecule has 0 aliphatic heterocycles. The molecular weight excluding hydrogens is 284 g/mol. The lowest BCUT2D eigenvalue weighted by Gasteiger charge is -2.19. The molecule has 0 fully saturated rings. The van der Waals surface area contributed by atoms with Gasteiger partial charge < -0.3 is 14.6 Å². The summed E-state index contributed by atoms with van der Waals surface area (Å²) in [6.45, 7) is 0. The molecule has 0 aliphatic carbocycles. The molecule has 1 aromatic heterocycles. The van der Waals surface area contributed by atoms with Crippen LogP contribution in [0.25, 0.3) is 10.1 Å². The van der Waals surface area contributed by atoms with E-state index in [0.717, 1.165) is 15.6 Å². The summed E-state index contributed by atoms with van der Waals surface area (Å²) in [5, 5.41) is 14.0. The van der Waals surface area contributed by atoms with Crippen molar-refractivity contribution in [2.45, 2.75) is 6.10 Å². The third kappa shape index (κ3) is 2.37. The van der Waals surface area contributed by atoms with Crippen LogP contribution in [0.3, 0.4) is 0 Å². The monoisotopic (exact) mass is 300 g/mol. The van der Waals surface area contributed by atoms with Crippen LogP contribution in [0.4, 0.5) is 0 Å². The van der Waals surface area contributed by atoms with Crippen molar-refractivity contribution in [1.29, 1.82) is 0 Å².